The van der Waals surface area contributed by atoms with E-state index in [-0.39, 0.29) is 5.91 Å². The molecule has 1 aromatic heterocycles. The van der Waals surface area contributed by atoms with Crippen molar-refractivity contribution in [3.05, 3.63) is 65.7 Å². The Morgan fingerprint density at radius 2 is 1.34 bits per heavy atom. The van der Waals surface area contributed by atoms with Crippen LogP contribution in [0.1, 0.15) is 80.1 Å². The zero-order chi connectivity index (χ0) is 21.9. The highest BCUT2D eigenvalue weighted by Gasteiger charge is 2.34. The number of amides is 1. The van der Waals surface area contributed by atoms with Crippen molar-refractivity contribution in [3.8, 4) is 11.3 Å². The van der Waals surface area contributed by atoms with Crippen molar-refractivity contribution in [1.82, 2.24) is 9.88 Å². The van der Waals surface area contributed by atoms with Crippen LogP contribution in [0.25, 0.3) is 22.2 Å². The van der Waals surface area contributed by atoms with Gasteiger partial charge in [0.15, 0.2) is 0 Å². The molecule has 0 unspecified atom stereocenters. The molecule has 2 aromatic carbocycles. The fraction of sp³-hybridized carbons (Fsp3) is 0.448. The van der Waals surface area contributed by atoms with E-state index in [4.69, 9.17) is 4.98 Å². The molecule has 0 bridgehead atoms. The van der Waals surface area contributed by atoms with Crippen molar-refractivity contribution in [2.45, 2.75) is 83.2 Å². The van der Waals surface area contributed by atoms with Gasteiger partial charge < -0.3 is 4.90 Å². The lowest BCUT2D eigenvalue weighted by Crippen LogP contribution is -2.49. The maximum absolute atomic E-state index is 14.5. The number of hydrogen-bond acceptors (Lipinski definition) is 2. The largest absolute Gasteiger partial charge is 0.333 e. The van der Waals surface area contributed by atoms with Gasteiger partial charge in [-0.1, -0.05) is 87.1 Å². The second-order valence-corrected chi connectivity index (χ2v) is 9.64. The third-order valence-electron chi connectivity index (χ3n) is 7.57. The van der Waals surface area contributed by atoms with Gasteiger partial charge in [0.1, 0.15) is 0 Å². The quantitative estimate of drug-likeness (QED) is 0.438. The zero-order valence-electron chi connectivity index (χ0n) is 19.2. The average Bonchev–Trinajstić information content (AvgIpc) is 2.85. The highest BCUT2D eigenvalue weighted by Crippen LogP contribution is 2.35. The van der Waals surface area contributed by atoms with E-state index in [0.717, 1.165) is 59.0 Å². The first-order valence-electron chi connectivity index (χ1n) is 12.5. The Morgan fingerprint density at radius 1 is 0.781 bits per heavy atom. The molecule has 0 spiro atoms. The molecule has 0 atom stereocenters. The summed E-state index contributed by atoms with van der Waals surface area (Å²) in [5.74, 6) is 0.233. The number of hydrogen-bond donors (Lipinski definition) is 0. The van der Waals surface area contributed by atoms with E-state index in [1.807, 2.05) is 36.4 Å². The fourth-order valence-electron chi connectivity index (χ4n) is 5.94. The minimum Gasteiger partial charge on any atom is -0.333 e. The molecule has 2 fully saturated rings. The van der Waals surface area contributed by atoms with Gasteiger partial charge >= 0.3 is 0 Å². The van der Waals surface area contributed by atoms with E-state index >= 15 is 0 Å². The highest BCUT2D eigenvalue weighted by molar-refractivity contribution is 6.09. The molecule has 166 valence electrons. The summed E-state index contributed by atoms with van der Waals surface area (Å²) in [5.41, 5.74) is 4.79. The minimum absolute atomic E-state index is 0.233. The van der Waals surface area contributed by atoms with Crippen LogP contribution in [0.4, 0.5) is 0 Å². The van der Waals surface area contributed by atoms with Crippen LogP contribution in [-0.2, 0) is 0 Å². The predicted molar refractivity (Wildman–Crippen MR) is 132 cm³/mol. The molecular weight excluding hydrogens is 392 g/mol. The van der Waals surface area contributed by atoms with Crippen LogP contribution in [0.3, 0.4) is 0 Å². The Kier molecular flexibility index (Phi) is 6.25. The van der Waals surface area contributed by atoms with Crippen molar-refractivity contribution in [2.24, 2.45) is 0 Å². The summed E-state index contributed by atoms with van der Waals surface area (Å²) in [6, 6.07) is 19.3. The molecule has 2 saturated carbocycles. The summed E-state index contributed by atoms with van der Waals surface area (Å²) >= 11 is 0. The smallest absolute Gasteiger partial charge is 0.255 e. The Labute approximate surface area is 191 Å². The molecule has 3 aromatic rings. The average molecular weight is 427 g/mol. The first-order chi connectivity index (χ1) is 15.7. The summed E-state index contributed by atoms with van der Waals surface area (Å²) < 4.78 is 0. The molecule has 3 heteroatoms. The van der Waals surface area contributed by atoms with Gasteiger partial charge in [-0.05, 0) is 44.2 Å². The third kappa shape index (κ3) is 4.05. The predicted octanol–water partition coefficient (Wildman–Crippen LogP) is 7.32. The normalized spacial score (nSPS) is 18.0. The van der Waals surface area contributed by atoms with Crippen molar-refractivity contribution in [3.63, 3.8) is 0 Å². The lowest BCUT2D eigenvalue weighted by molar-refractivity contribution is 0.0450. The summed E-state index contributed by atoms with van der Waals surface area (Å²) in [6.07, 6.45) is 12.2. The number of carbonyl (C=O) groups is 1. The molecule has 3 nitrogen and oxygen atoms in total. The Bertz CT molecular complexity index is 1060. The van der Waals surface area contributed by atoms with Crippen LogP contribution in [0, 0.1) is 6.92 Å². The van der Waals surface area contributed by atoms with E-state index in [9.17, 15) is 4.79 Å². The van der Waals surface area contributed by atoms with Gasteiger partial charge in [-0.2, -0.15) is 0 Å². The molecule has 1 heterocycles. The van der Waals surface area contributed by atoms with Gasteiger partial charge in [-0.25, -0.2) is 4.98 Å². The maximum Gasteiger partial charge on any atom is 0.255 e. The van der Waals surface area contributed by atoms with Crippen LogP contribution in [0.15, 0.2) is 54.6 Å². The molecule has 0 saturated heterocycles. The van der Waals surface area contributed by atoms with Crippen molar-refractivity contribution in [2.75, 3.05) is 0 Å². The van der Waals surface area contributed by atoms with Gasteiger partial charge in [0.25, 0.3) is 5.91 Å². The standard InChI is InChI=1S/C29H34N2O/c1-21-27(25-19-11-12-20-26(25)30-28(21)22-13-5-2-6-14-22)29(32)31(23-15-7-3-8-16-23)24-17-9-4-10-18-24/h2,5-6,11-14,19-20,23-24H,3-4,7-10,15-18H2,1H3. The van der Waals surface area contributed by atoms with Gasteiger partial charge in [0, 0.05) is 23.0 Å². The Balaban J connectivity index is 1.65. The van der Waals surface area contributed by atoms with Gasteiger partial charge in [-0.3, -0.25) is 4.79 Å². The van der Waals surface area contributed by atoms with Crippen LogP contribution in [0.5, 0.6) is 0 Å². The molecule has 1 amide bonds. The number of nitrogens with zero attached hydrogens (tertiary/aromatic N) is 2. The summed E-state index contributed by atoms with van der Waals surface area (Å²) in [5, 5.41) is 0.992. The molecule has 5 rings (SSSR count). The van der Waals surface area contributed by atoms with Gasteiger partial charge in [-0.15, -0.1) is 0 Å². The number of rotatable bonds is 4. The molecule has 2 aliphatic carbocycles. The number of carbonyl (C=O) groups excluding carboxylic acids is 1. The van der Waals surface area contributed by atoms with Crippen LogP contribution in [0.2, 0.25) is 0 Å². The summed E-state index contributed by atoms with van der Waals surface area (Å²) in [7, 11) is 0. The molecule has 0 aliphatic heterocycles. The molecule has 32 heavy (non-hydrogen) atoms. The highest BCUT2D eigenvalue weighted by atomic mass is 16.2. The summed E-state index contributed by atoms with van der Waals surface area (Å²) in [4.78, 5) is 21.8. The number of fused-ring (bicyclic) bond motifs is 1. The minimum atomic E-state index is 0.233. The van der Waals surface area contributed by atoms with E-state index in [0.29, 0.717) is 12.1 Å². The molecule has 0 radical (unpaired) electrons. The molecular formula is C29H34N2O. The first kappa shape index (κ1) is 21.2. The van der Waals surface area contributed by atoms with E-state index in [1.165, 1.54) is 38.5 Å². The number of pyridine rings is 1. The van der Waals surface area contributed by atoms with E-state index in [2.05, 4.69) is 30.0 Å². The number of benzene rings is 2. The maximum atomic E-state index is 14.5. The SMILES string of the molecule is Cc1c(-c2ccccc2)nc2ccccc2c1C(=O)N(C1CCCCC1)C1CCCCC1. The van der Waals surface area contributed by atoms with E-state index < -0.39 is 0 Å². The number of aromatic nitrogens is 1. The van der Waals surface area contributed by atoms with Gasteiger partial charge in [0.05, 0.1) is 16.8 Å². The monoisotopic (exact) mass is 426 g/mol. The summed E-state index contributed by atoms with van der Waals surface area (Å²) in [6.45, 7) is 2.09. The third-order valence-corrected chi connectivity index (χ3v) is 7.57. The second kappa shape index (κ2) is 9.44. The van der Waals surface area contributed by atoms with Crippen LogP contribution < -0.4 is 0 Å². The van der Waals surface area contributed by atoms with E-state index in [1.54, 1.807) is 0 Å². The first-order valence-corrected chi connectivity index (χ1v) is 12.5. The van der Waals surface area contributed by atoms with Gasteiger partial charge in [0.2, 0.25) is 0 Å². The van der Waals surface area contributed by atoms with Crippen molar-refractivity contribution < 1.29 is 4.79 Å². The fourth-order valence-corrected chi connectivity index (χ4v) is 5.94. The van der Waals surface area contributed by atoms with Crippen molar-refractivity contribution >= 4 is 16.8 Å². The zero-order valence-corrected chi connectivity index (χ0v) is 19.2. The second-order valence-electron chi connectivity index (χ2n) is 9.64. The topological polar surface area (TPSA) is 33.2 Å². The molecule has 0 N–H and O–H groups in total. The number of para-hydroxylation sites is 1. The van der Waals surface area contributed by atoms with Crippen LogP contribution in [-0.4, -0.2) is 27.9 Å². The Hall–Kier alpha value is -2.68. The lowest BCUT2D eigenvalue weighted by Gasteiger charge is -2.42. The lowest BCUT2D eigenvalue weighted by atomic mass is 9.87. The van der Waals surface area contributed by atoms with Crippen molar-refractivity contribution in [1.29, 1.82) is 0 Å². The molecule has 2 aliphatic rings. The Morgan fingerprint density at radius 3 is 1.97 bits per heavy atom. The van der Waals surface area contributed by atoms with Crippen LogP contribution >= 0.6 is 0 Å².